The Labute approximate surface area is 157 Å². The fourth-order valence-corrected chi connectivity index (χ4v) is 3.90. The van der Waals surface area contributed by atoms with Gasteiger partial charge in [-0.25, -0.2) is 15.0 Å². The van der Waals surface area contributed by atoms with Crippen LogP contribution in [-0.4, -0.2) is 66.9 Å². The molecule has 1 aliphatic heterocycles. The number of ether oxygens (including phenoxy) is 2. The number of methoxy groups -OCH3 is 1. The van der Waals surface area contributed by atoms with Crippen LogP contribution in [0.15, 0.2) is 11.6 Å². The smallest absolute Gasteiger partial charge is 0.273 e. The van der Waals surface area contributed by atoms with Crippen molar-refractivity contribution in [1.82, 2.24) is 19.5 Å². The second-order valence-corrected chi connectivity index (χ2v) is 7.06. The van der Waals surface area contributed by atoms with Gasteiger partial charge < -0.3 is 35.1 Å². The number of anilines is 1. The van der Waals surface area contributed by atoms with E-state index in [-0.39, 0.29) is 5.82 Å². The standard InChI is InChI=1S/C16H19N5O5S/c1-6-18-13(17)10-7(8-5-27-16(20-8)25-2)3-21(14(10)19-6)15-12(24)11(23)9(4-22)26-15/h3,5,9,11-12,15,22-24H,4H2,1-2H3,(H2,17,18,19)/t9-,11-,12-,15-/m1/s1. The average molecular weight is 393 g/mol. The summed E-state index contributed by atoms with van der Waals surface area (Å²) in [5.74, 6) is 0.721. The van der Waals surface area contributed by atoms with Gasteiger partial charge in [0, 0.05) is 17.1 Å². The van der Waals surface area contributed by atoms with E-state index in [1.54, 1.807) is 17.7 Å². The Balaban J connectivity index is 1.91. The summed E-state index contributed by atoms with van der Waals surface area (Å²) in [4.78, 5) is 13.1. The number of rotatable bonds is 4. The first-order valence-corrected chi connectivity index (χ1v) is 9.09. The number of thiazole rings is 1. The molecule has 10 nitrogen and oxygen atoms in total. The topological polar surface area (TPSA) is 149 Å². The molecule has 0 bridgehead atoms. The molecule has 4 heterocycles. The first kappa shape index (κ1) is 18.1. The average Bonchev–Trinajstić information content (AvgIpc) is 3.32. The third-order valence-electron chi connectivity index (χ3n) is 4.54. The molecule has 0 unspecified atom stereocenters. The predicted molar refractivity (Wildman–Crippen MR) is 97.3 cm³/mol. The summed E-state index contributed by atoms with van der Waals surface area (Å²) < 4.78 is 12.4. The van der Waals surface area contributed by atoms with Gasteiger partial charge in [-0.15, -0.1) is 0 Å². The summed E-state index contributed by atoms with van der Waals surface area (Å²) in [6, 6.07) is 0. The molecule has 0 amide bonds. The van der Waals surface area contributed by atoms with Crippen molar-refractivity contribution in [2.75, 3.05) is 19.5 Å². The van der Waals surface area contributed by atoms with Gasteiger partial charge in [0.15, 0.2) is 6.23 Å². The van der Waals surface area contributed by atoms with Crippen molar-refractivity contribution < 1.29 is 24.8 Å². The van der Waals surface area contributed by atoms with E-state index in [2.05, 4.69) is 15.0 Å². The predicted octanol–water partition coefficient (Wildman–Crippen LogP) is 0.0655. The Morgan fingerprint density at radius 1 is 1.30 bits per heavy atom. The molecule has 1 fully saturated rings. The second-order valence-electron chi connectivity index (χ2n) is 6.24. The minimum Gasteiger partial charge on any atom is -0.473 e. The van der Waals surface area contributed by atoms with Crippen LogP contribution in [0.5, 0.6) is 5.19 Å². The minimum absolute atomic E-state index is 0.268. The molecule has 3 aromatic rings. The van der Waals surface area contributed by atoms with E-state index in [1.807, 2.05) is 5.38 Å². The molecule has 0 aliphatic carbocycles. The van der Waals surface area contributed by atoms with Gasteiger partial charge in [-0.05, 0) is 6.92 Å². The van der Waals surface area contributed by atoms with Gasteiger partial charge in [0.05, 0.1) is 24.8 Å². The first-order valence-electron chi connectivity index (χ1n) is 8.21. The van der Waals surface area contributed by atoms with Crippen LogP contribution in [0.4, 0.5) is 5.82 Å². The van der Waals surface area contributed by atoms with Crippen LogP contribution in [0.1, 0.15) is 12.1 Å². The quantitative estimate of drug-likeness (QED) is 0.483. The van der Waals surface area contributed by atoms with Gasteiger partial charge in [-0.3, -0.25) is 0 Å². The normalized spacial score (nSPS) is 25.4. The Hall–Kier alpha value is -2.31. The lowest BCUT2D eigenvalue weighted by Gasteiger charge is -2.17. The zero-order valence-corrected chi connectivity index (χ0v) is 15.4. The maximum Gasteiger partial charge on any atom is 0.273 e. The molecule has 4 rings (SSSR count). The van der Waals surface area contributed by atoms with E-state index in [0.29, 0.717) is 33.3 Å². The van der Waals surface area contributed by atoms with Crippen molar-refractivity contribution in [2.24, 2.45) is 0 Å². The number of nitrogen functional groups attached to an aromatic ring is 1. The number of hydrogen-bond acceptors (Lipinski definition) is 10. The molecule has 4 atom stereocenters. The fraction of sp³-hybridized carbons (Fsp3) is 0.438. The van der Waals surface area contributed by atoms with E-state index >= 15 is 0 Å². The Bertz CT molecular complexity index is 989. The van der Waals surface area contributed by atoms with Crippen LogP contribution < -0.4 is 10.5 Å². The van der Waals surface area contributed by atoms with Crippen molar-refractivity contribution in [2.45, 2.75) is 31.5 Å². The SMILES string of the molecule is COc1nc(-c2cn([C@@H]3O[C@H](CO)[C@@H](O)[C@H]3O)c3nc(C)nc(N)c23)cs1. The third kappa shape index (κ3) is 2.84. The van der Waals surface area contributed by atoms with E-state index in [9.17, 15) is 15.3 Å². The maximum atomic E-state index is 10.4. The van der Waals surface area contributed by atoms with Crippen molar-refractivity contribution >= 4 is 28.2 Å². The third-order valence-corrected chi connectivity index (χ3v) is 5.34. The molecule has 3 aromatic heterocycles. The van der Waals surface area contributed by atoms with Crippen LogP contribution in [-0.2, 0) is 4.74 Å². The highest BCUT2D eigenvalue weighted by Gasteiger charge is 2.44. The molecule has 5 N–H and O–H groups in total. The van der Waals surface area contributed by atoms with Crippen molar-refractivity contribution in [3.05, 3.63) is 17.4 Å². The summed E-state index contributed by atoms with van der Waals surface area (Å²) in [5.41, 5.74) is 7.86. The highest BCUT2D eigenvalue weighted by Crippen LogP contribution is 2.39. The van der Waals surface area contributed by atoms with Crippen LogP contribution in [0.2, 0.25) is 0 Å². The zero-order chi connectivity index (χ0) is 19.3. The van der Waals surface area contributed by atoms with E-state index in [0.717, 1.165) is 0 Å². The molecule has 1 aliphatic rings. The summed E-state index contributed by atoms with van der Waals surface area (Å²) in [5, 5.41) is 32.7. The van der Waals surface area contributed by atoms with Crippen molar-refractivity contribution in [3.8, 4) is 16.5 Å². The number of aliphatic hydroxyl groups excluding tert-OH is 3. The Kier molecular flexibility index (Phi) is 4.48. The van der Waals surface area contributed by atoms with Crippen LogP contribution in [0.25, 0.3) is 22.3 Å². The molecule has 144 valence electrons. The van der Waals surface area contributed by atoms with Gasteiger partial charge in [0.1, 0.15) is 35.6 Å². The number of aliphatic hydroxyl groups is 3. The first-order chi connectivity index (χ1) is 12.9. The number of nitrogens with two attached hydrogens (primary N) is 1. The number of aromatic nitrogens is 4. The lowest BCUT2D eigenvalue weighted by atomic mass is 10.1. The summed E-state index contributed by atoms with van der Waals surface area (Å²) in [7, 11) is 1.53. The highest BCUT2D eigenvalue weighted by atomic mass is 32.1. The summed E-state index contributed by atoms with van der Waals surface area (Å²) >= 11 is 1.33. The van der Waals surface area contributed by atoms with Gasteiger partial charge in [-0.2, -0.15) is 0 Å². The number of aryl methyl sites for hydroxylation is 1. The van der Waals surface area contributed by atoms with E-state index in [4.69, 9.17) is 15.2 Å². The van der Waals surface area contributed by atoms with Gasteiger partial charge in [0.25, 0.3) is 5.19 Å². The summed E-state index contributed by atoms with van der Waals surface area (Å²) in [6.07, 6.45) is -2.61. The van der Waals surface area contributed by atoms with E-state index < -0.39 is 31.1 Å². The molecule has 0 radical (unpaired) electrons. The molecule has 11 heteroatoms. The van der Waals surface area contributed by atoms with Gasteiger partial charge >= 0.3 is 0 Å². The Morgan fingerprint density at radius 2 is 2.07 bits per heavy atom. The fourth-order valence-electron chi connectivity index (χ4n) is 3.26. The second kappa shape index (κ2) is 6.69. The molecule has 1 saturated heterocycles. The largest absolute Gasteiger partial charge is 0.473 e. The maximum absolute atomic E-state index is 10.4. The van der Waals surface area contributed by atoms with Crippen molar-refractivity contribution in [3.63, 3.8) is 0 Å². The van der Waals surface area contributed by atoms with Gasteiger partial charge in [-0.1, -0.05) is 11.3 Å². The molecule has 0 aromatic carbocycles. The highest BCUT2D eigenvalue weighted by molar-refractivity contribution is 7.11. The molecule has 0 saturated carbocycles. The number of hydrogen-bond donors (Lipinski definition) is 4. The number of nitrogens with zero attached hydrogens (tertiary/aromatic N) is 4. The lowest BCUT2D eigenvalue weighted by Crippen LogP contribution is -2.33. The number of fused-ring (bicyclic) bond motifs is 1. The van der Waals surface area contributed by atoms with Crippen LogP contribution >= 0.6 is 11.3 Å². The minimum atomic E-state index is -1.24. The lowest BCUT2D eigenvalue weighted by molar-refractivity contribution is -0.0508. The molecule has 27 heavy (non-hydrogen) atoms. The monoisotopic (exact) mass is 393 g/mol. The zero-order valence-electron chi connectivity index (χ0n) is 14.6. The molecule has 0 spiro atoms. The molecular weight excluding hydrogens is 374 g/mol. The van der Waals surface area contributed by atoms with Crippen LogP contribution in [0.3, 0.4) is 0 Å². The van der Waals surface area contributed by atoms with Crippen molar-refractivity contribution in [1.29, 1.82) is 0 Å². The van der Waals surface area contributed by atoms with Gasteiger partial charge in [0.2, 0.25) is 0 Å². The van der Waals surface area contributed by atoms with E-state index in [1.165, 1.54) is 18.4 Å². The Morgan fingerprint density at radius 3 is 2.70 bits per heavy atom. The summed E-state index contributed by atoms with van der Waals surface area (Å²) in [6.45, 7) is 1.29. The van der Waals surface area contributed by atoms with Crippen LogP contribution in [0, 0.1) is 6.92 Å². The molecular formula is C16H19N5O5S.